The molecule has 0 spiro atoms. The lowest BCUT2D eigenvalue weighted by molar-refractivity contribution is -0.128. The number of carbonyl (C=O) groups is 2. The van der Waals surface area contributed by atoms with E-state index in [0.29, 0.717) is 48.8 Å². The van der Waals surface area contributed by atoms with Crippen LogP contribution in [0.4, 0.5) is 5.82 Å². The molecule has 1 saturated heterocycles. The Morgan fingerprint density at radius 2 is 2.07 bits per heavy atom. The van der Waals surface area contributed by atoms with Crippen LogP contribution in [0.2, 0.25) is 0 Å². The summed E-state index contributed by atoms with van der Waals surface area (Å²) in [5, 5.41) is 12.5. The lowest BCUT2D eigenvalue weighted by Gasteiger charge is -2.23. The molecule has 1 aliphatic heterocycles. The van der Waals surface area contributed by atoms with E-state index in [9.17, 15) is 9.59 Å². The van der Waals surface area contributed by atoms with E-state index in [1.807, 2.05) is 15.6 Å². The Bertz CT molecular complexity index is 885. The number of pyridine rings is 1. The molecule has 30 heavy (non-hydrogen) atoms. The second kappa shape index (κ2) is 9.41. The van der Waals surface area contributed by atoms with E-state index < -0.39 is 0 Å². The van der Waals surface area contributed by atoms with E-state index in [2.05, 4.69) is 25.4 Å². The van der Waals surface area contributed by atoms with Crippen molar-refractivity contribution in [2.45, 2.75) is 37.4 Å². The minimum atomic E-state index is -0.366. The predicted molar refractivity (Wildman–Crippen MR) is 110 cm³/mol. The van der Waals surface area contributed by atoms with Crippen molar-refractivity contribution in [2.24, 2.45) is 0 Å². The van der Waals surface area contributed by atoms with Gasteiger partial charge in [-0.05, 0) is 48.7 Å². The Morgan fingerprint density at radius 3 is 2.80 bits per heavy atom. The zero-order chi connectivity index (χ0) is 20.9. The molecule has 2 fully saturated rings. The predicted octanol–water partition coefficient (Wildman–Crippen LogP) is 1.41. The van der Waals surface area contributed by atoms with Crippen LogP contribution in [0.15, 0.2) is 23.5 Å². The van der Waals surface area contributed by atoms with Gasteiger partial charge in [-0.3, -0.25) is 4.79 Å². The Morgan fingerprint density at radius 1 is 1.20 bits per heavy atom. The van der Waals surface area contributed by atoms with E-state index in [1.165, 1.54) is 11.8 Å². The molecular formula is C19H25N7O3S. The molecule has 1 aliphatic carbocycles. The quantitative estimate of drug-likeness (QED) is 0.475. The molecule has 4 rings (SSSR count). The third-order valence-electron chi connectivity index (χ3n) is 5.11. The van der Waals surface area contributed by atoms with Gasteiger partial charge in [0.25, 0.3) is 0 Å². The number of aromatic nitrogens is 5. The van der Waals surface area contributed by atoms with E-state index in [1.54, 1.807) is 19.2 Å². The molecule has 0 bridgehead atoms. The standard InChI is InChI=1S/C19H25N7O3S/c1-2-29-18(28)14-4-7-16(20-12-14)24-8-3-9-25(11-10-24)17(27)13-30-19-21-22-23-26(19)15-5-6-15/h4,7,12,15H,2-3,5-6,8-11,13H2,1H3. The number of hydrogen-bond donors (Lipinski definition) is 0. The van der Waals surface area contributed by atoms with Gasteiger partial charge in [0.1, 0.15) is 5.82 Å². The second-order valence-corrected chi connectivity index (χ2v) is 8.22. The van der Waals surface area contributed by atoms with Gasteiger partial charge in [0, 0.05) is 32.4 Å². The molecule has 2 aromatic heterocycles. The van der Waals surface area contributed by atoms with Crippen LogP contribution in [0, 0.1) is 0 Å². The Hall–Kier alpha value is -2.69. The first-order valence-electron chi connectivity index (χ1n) is 10.2. The van der Waals surface area contributed by atoms with Gasteiger partial charge in [0.05, 0.1) is 24.0 Å². The molecule has 2 aromatic rings. The van der Waals surface area contributed by atoms with Gasteiger partial charge in [0.2, 0.25) is 11.1 Å². The van der Waals surface area contributed by atoms with Crippen molar-refractivity contribution in [1.82, 2.24) is 30.1 Å². The van der Waals surface area contributed by atoms with Gasteiger partial charge < -0.3 is 14.5 Å². The minimum absolute atomic E-state index is 0.0952. The van der Waals surface area contributed by atoms with E-state index >= 15 is 0 Å². The molecule has 0 N–H and O–H groups in total. The Labute approximate surface area is 179 Å². The highest BCUT2D eigenvalue weighted by atomic mass is 32.2. The third kappa shape index (κ3) is 4.89. The van der Waals surface area contributed by atoms with Crippen LogP contribution < -0.4 is 4.90 Å². The number of hydrogen-bond acceptors (Lipinski definition) is 9. The van der Waals surface area contributed by atoms with E-state index in [4.69, 9.17) is 4.74 Å². The first-order chi connectivity index (χ1) is 14.7. The summed E-state index contributed by atoms with van der Waals surface area (Å²) in [5.74, 6) is 0.863. The summed E-state index contributed by atoms with van der Waals surface area (Å²) in [5.41, 5.74) is 0.442. The largest absolute Gasteiger partial charge is 0.462 e. The molecule has 0 aromatic carbocycles. The highest BCUT2D eigenvalue weighted by molar-refractivity contribution is 7.99. The van der Waals surface area contributed by atoms with Crippen LogP contribution in [0.1, 0.15) is 42.6 Å². The number of nitrogens with zero attached hydrogens (tertiary/aromatic N) is 7. The van der Waals surface area contributed by atoms with Crippen molar-refractivity contribution >= 4 is 29.5 Å². The summed E-state index contributed by atoms with van der Waals surface area (Å²) in [6.45, 7) is 4.96. The summed E-state index contributed by atoms with van der Waals surface area (Å²) in [7, 11) is 0. The van der Waals surface area contributed by atoms with Crippen LogP contribution in [-0.2, 0) is 9.53 Å². The highest BCUT2D eigenvalue weighted by Crippen LogP contribution is 2.36. The normalized spacial score (nSPS) is 17.0. The maximum atomic E-state index is 12.7. The van der Waals surface area contributed by atoms with Gasteiger partial charge in [-0.25, -0.2) is 14.5 Å². The zero-order valence-corrected chi connectivity index (χ0v) is 17.8. The number of thioether (sulfide) groups is 1. The fraction of sp³-hybridized carbons (Fsp3) is 0.579. The number of ether oxygens (including phenoxy) is 1. The van der Waals surface area contributed by atoms with Crippen molar-refractivity contribution < 1.29 is 14.3 Å². The Kier molecular flexibility index (Phi) is 6.46. The van der Waals surface area contributed by atoms with Crippen LogP contribution in [0.5, 0.6) is 0 Å². The molecule has 1 saturated carbocycles. The van der Waals surface area contributed by atoms with Crippen molar-refractivity contribution in [3.8, 4) is 0 Å². The lowest BCUT2D eigenvalue weighted by Crippen LogP contribution is -2.36. The molecule has 0 atom stereocenters. The van der Waals surface area contributed by atoms with Crippen LogP contribution in [0.3, 0.4) is 0 Å². The maximum Gasteiger partial charge on any atom is 0.339 e. The number of tetrazole rings is 1. The topological polar surface area (TPSA) is 106 Å². The molecule has 0 unspecified atom stereocenters. The third-order valence-corrected chi connectivity index (χ3v) is 6.03. The number of esters is 1. The second-order valence-electron chi connectivity index (χ2n) is 7.27. The van der Waals surface area contributed by atoms with E-state index in [-0.39, 0.29) is 11.9 Å². The van der Waals surface area contributed by atoms with Gasteiger partial charge in [0.15, 0.2) is 0 Å². The minimum Gasteiger partial charge on any atom is -0.462 e. The van der Waals surface area contributed by atoms with Crippen LogP contribution >= 0.6 is 11.8 Å². The molecule has 2 aliphatic rings. The van der Waals surface area contributed by atoms with Gasteiger partial charge >= 0.3 is 5.97 Å². The van der Waals surface area contributed by atoms with Crippen molar-refractivity contribution in [3.05, 3.63) is 23.9 Å². The van der Waals surface area contributed by atoms with Gasteiger partial charge in [-0.1, -0.05) is 11.8 Å². The summed E-state index contributed by atoms with van der Waals surface area (Å²) in [6, 6.07) is 3.96. The monoisotopic (exact) mass is 431 g/mol. The summed E-state index contributed by atoms with van der Waals surface area (Å²) in [4.78, 5) is 32.9. The van der Waals surface area contributed by atoms with Crippen molar-refractivity contribution in [1.29, 1.82) is 0 Å². The smallest absolute Gasteiger partial charge is 0.339 e. The number of rotatable bonds is 7. The fourth-order valence-corrected chi connectivity index (χ4v) is 4.20. The summed E-state index contributed by atoms with van der Waals surface area (Å²) < 4.78 is 6.82. The maximum absolute atomic E-state index is 12.7. The van der Waals surface area contributed by atoms with Crippen LogP contribution in [0.25, 0.3) is 0 Å². The number of anilines is 1. The number of carbonyl (C=O) groups excluding carboxylic acids is 2. The number of amides is 1. The van der Waals surface area contributed by atoms with E-state index in [0.717, 1.165) is 31.6 Å². The molecule has 160 valence electrons. The van der Waals surface area contributed by atoms with Crippen LogP contribution in [-0.4, -0.2) is 80.5 Å². The zero-order valence-electron chi connectivity index (χ0n) is 16.9. The molecular weight excluding hydrogens is 406 g/mol. The molecule has 10 nitrogen and oxygen atoms in total. The molecule has 3 heterocycles. The van der Waals surface area contributed by atoms with Gasteiger partial charge in [-0.2, -0.15) is 0 Å². The molecule has 0 radical (unpaired) electrons. The summed E-state index contributed by atoms with van der Waals surface area (Å²) >= 11 is 1.40. The molecule has 1 amide bonds. The Balaban J connectivity index is 1.29. The summed E-state index contributed by atoms with van der Waals surface area (Å²) in [6.07, 6.45) is 4.60. The fourth-order valence-electron chi connectivity index (χ4n) is 3.35. The van der Waals surface area contributed by atoms with Crippen molar-refractivity contribution in [3.63, 3.8) is 0 Å². The average Bonchev–Trinajstić information content (AvgIpc) is 3.55. The SMILES string of the molecule is CCOC(=O)c1ccc(N2CCCN(C(=O)CSc3nnnn3C3CC3)CC2)nc1. The van der Waals surface area contributed by atoms with Gasteiger partial charge in [-0.15, -0.1) is 5.10 Å². The lowest BCUT2D eigenvalue weighted by atomic mass is 10.2. The van der Waals surface area contributed by atoms with Crippen molar-refractivity contribution in [2.75, 3.05) is 43.4 Å². The average molecular weight is 432 g/mol. The first kappa shape index (κ1) is 20.6. The first-order valence-corrected chi connectivity index (χ1v) is 11.2. The highest BCUT2D eigenvalue weighted by Gasteiger charge is 2.28. The molecule has 11 heteroatoms.